The zero-order valence-corrected chi connectivity index (χ0v) is 14.2. The molecule has 21 heavy (non-hydrogen) atoms. The molecule has 1 aliphatic rings. The Balaban J connectivity index is 1.72. The number of carbonyl (C=O) groups excluding carboxylic acids is 1. The molecule has 0 N–H and O–H groups in total. The van der Waals surface area contributed by atoms with E-state index >= 15 is 0 Å². The van der Waals surface area contributed by atoms with Crippen LogP contribution in [0.4, 0.5) is 0 Å². The van der Waals surface area contributed by atoms with Crippen molar-refractivity contribution in [3.63, 3.8) is 0 Å². The van der Waals surface area contributed by atoms with Gasteiger partial charge in [-0.15, -0.1) is 11.3 Å². The number of thiophene rings is 1. The Morgan fingerprint density at radius 2 is 2.14 bits per heavy atom. The standard InChI is InChI=1S/C17H16BrNOS/c1-19(15-9-6-12-4-2-3-5-14(12)15)17(20)11-8-13-7-10-16(18)21-13/h2-5,7-8,10-11,15H,6,9H2,1H3. The van der Waals surface area contributed by atoms with Crippen LogP contribution < -0.4 is 0 Å². The lowest BCUT2D eigenvalue weighted by atomic mass is 10.1. The van der Waals surface area contributed by atoms with E-state index < -0.39 is 0 Å². The third kappa shape index (κ3) is 3.11. The fourth-order valence-electron chi connectivity index (χ4n) is 2.78. The van der Waals surface area contributed by atoms with E-state index in [1.807, 2.05) is 30.2 Å². The lowest BCUT2D eigenvalue weighted by Gasteiger charge is -2.24. The summed E-state index contributed by atoms with van der Waals surface area (Å²) in [4.78, 5) is 15.3. The van der Waals surface area contributed by atoms with Crippen molar-refractivity contribution < 1.29 is 4.79 Å². The van der Waals surface area contributed by atoms with Gasteiger partial charge in [0.2, 0.25) is 5.91 Å². The largest absolute Gasteiger partial charge is 0.335 e. The first-order valence-corrected chi connectivity index (χ1v) is 8.54. The predicted octanol–water partition coefficient (Wildman–Crippen LogP) is 4.67. The summed E-state index contributed by atoms with van der Waals surface area (Å²) >= 11 is 5.05. The first kappa shape index (κ1) is 14.5. The Bertz CT molecular complexity index is 692. The zero-order valence-electron chi connectivity index (χ0n) is 11.8. The molecule has 1 atom stereocenters. The maximum atomic E-state index is 12.4. The molecule has 0 spiro atoms. The van der Waals surface area contributed by atoms with Crippen LogP contribution in [0.25, 0.3) is 6.08 Å². The molecule has 0 saturated heterocycles. The van der Waals surface area contributed by atoms with Gasteiger partial charge < -0.3 is 4.90 Å². The molecule has 1 aromatic heterocycles. The molecule has 1 aliphatic carbocycles. The minimum Gasteiger partial charge on any atom is -0.335 e. The summed E-state index contributed by atoms with van der Waals surface area (Å²) in [5.74, 6) is 0.0567. The van der Waals surface area contributed by atoms with Gasteiger partial charge in [0, 0.05) is 18.0 Å². The number of hydrogen-bond donors (Lipinski definition) is 0. The van der Waals surface area contributed by atoms with Gasteiger partial charge in [0.25, 0.3) is 0 Å². The van der Waals surface area contributed by atoms with Crippen LogP contribution in [0.1, 0.15) is 28.5 Å². The number of rotatable bonds is 3. The molecular weight excluding hydrogens is 346 g/mol. The summed E-state index contributed by atoms with van der Waals surface area (Å²) in [5, 5.41) is 0. The first-order chi connectivity index (χ1) is 10.1. The molecule has 1 amide bonds. The van der Waals surface area contributed by atoms with Crippen molar-refractivity contribution in [2.24, 2.45) is 0 Å². The van der Waals surface area contributed by atoms with Crippen LogP contribution in [0, 0.1) is 0 Å². The molecule has 1 aromatic carbocycles. The normalized spacial score (nSPS) is 17.1. The van der Waals surface area contributed by atoms with Crippen LogP contribution in [0.5, 0.6) is 0 Å². The minimum absolute atomic E-state index is 0.0567. The third-order valence-electron chi connectivity index (χ3n) is 3.90. The number of carbonyl (C=O) groups is 1. The Morgan fingerprint density at radius 3 is 2.90 bits per heavy atom. The number of amides is 1. The topological polar surface area (TPSA) is 20.3 Å². The van der Waals surface area contributed by atoms with Crippen molar-refractivity contribution in [1.29, 1.82) is 0 Å². The SMILES string of the molecule is CN(C(=O)C=Cc1ccc(Br)s1)C1CCc2ccccc21. The van der Waals surface area contributed by atoms with Gasteiger partial charge in [-0.3, -0.25) is 4.79 Å². The maximum Gasteiger partial charge on any atom is 0.246 e. The van der Waals surface area contributed by atoms with E-state index in [1.165, 1.54) is 11.1 Å². The minimum atomic E-state index is 0.0567. The summed E-state index contributed by atoms with van der Waals surface area (Å²) in [7, 11) is 1.89. The van der Waals surface area contributed by atoms with E-state index in [0.717, 1.165) is 21.5 Å². The highest BCUT2D eigenvalue weighted by Crippen LogP contribution is 2.35. The van der Waals surface area contributed by atoms with E-state index in [1.54, 1.807) is 17.4 Å². The number of likely N-dealkylation sites (N-methyl/N-ethyl adjacent to an activating group) is 1. The molecule has 3 rings (SSSR count). The average molecular weight is 362 g/mol. The van der Waals surface area contributed by atoms with Crippen molar-refractivity contribution in [3.05, 3.63) is 62.3 Å². The van der Waals surface area contributed by atoms with Crippen LogP contribution in [0.3, 0.4) is 0 Å². The molecule has 0 aliphatic heterocycles. The number of halogens is 1. The number of hydrogen-bond acceptors (Lipinski definition) is 2. The Labute approximate surface area is 137 Å². The molecule has 2 nitrogen and oxygen atoms in total. The van der Waals surface area contributed by atoms with Gasteiger partial charge in [-0.25, -0.2) is 0 Å². The summed E-state index contributed by atoms with van der Waals surface area (Å²) in [6.07, 6.45) is 5.62. The first-order valence-electron chi connectivity index (χ1n) is 6.93. The summed E-state index contributed by atoms with van der Waals surface area (Å²) in [6.45, 7) is 0. The molecule has 0 radical (unpaired) electrons. The smallest absolute Gasteiger partial charge is 0.246 e. The highest BCUT2D eigenvalue weighted by Gasteiger charge is 2.27. The van der Waals surface area contributed by atoms with E-state index in [2.05, 4.69) is 40.2 Å². The number of nitrogens with zero attached hydrogens (tertiary/aromatic N) is 1. The van der Waals surface area contributed by atoms with E-state index in [0.29, 0.717) is 0 Å². The molecule has 0 bridgehead atoms. The summed E-state index contributed by atoms with van der Waals surface area (Å²) in [6, 6.07) is 12.6. The molecule has 0 fully saturated rings. The molecule has 1 unspecified atom stereocenters. The van der Waals surface area contributed by atoms with Crippen LogP contribution in [0.2, 0.25) is 0 Å². The second-order valence-electron chi connectivity index (χ2n) is 5.18. The fourth-order valence-corrected chi connectivity index (χ4v) is 4.11. The van der Waals surface area contributed by atoms with Crippen molar-refractivity contribution >= 4 is 39.2 Å². The van der Waals surface area contributed by atoms with Crippen molar-refractivity contribution in [1.82, 2.24) is 4.90 Å². The molecule has 4 heteroatoms. The average Bonchev–Trinajstić information content (AvgIpc) is 3.10. The van der Waals surface area contributed by atoms with Gasteiger partial charge in [-0.2, -0.15) is 0 Å². The van der Waals surface area contributed by atoms with Crippen molar-refractivity contribution in [3.8, 4) is 0 Å². The molecular formula is C17H16BrNOS. The van der Waals surface area contributed by atoms with Crippen LogP contribution in [0.15, 0.2) is 46.3 Å². The van der Waals surface area contributed by atoms with Crippen LogP contribution in [-0.2, 0) is 11.2 Å². The van der Waals surface area contributed by atoms with Gasteiger partial charge >= 0.3 is 0 Å². The molecule has 108 valence electrons. The van der Waals surface area contributed by atoms with E-state index in [4.69, 9.17) is 0 Å². The van der Waals surface area contributed by atoms with E-state index in [9.17, 15) is 4.79 Å². The second-order valence-corrected chi connectivity index (χ2v) is 7.67. The van der Waals surface area contributed by atoms with Gasteiger partial charge in [0.15, 0.2) is 0 Å². The van der Waals surface area contributed by atoms with Gasteiger partial charge in [0.1, 0.15) is 0 Å². The van der Waals surface area contributed by atoms with Crippen molar-refractivity contribution in [2.45, 2.75) is 18.9 Å². The zero-order chi connectivity index (χ0) is 14.8. The fraction of sp³-hybridized carbons (Fsp3) is 0.235. The van der Waals surface area contributed by atoms with E-state index in [-0.39, 0.29) is 11.9 Å². The third-order valence-corrected chi connectivity index (χ3v) is 5.49. The lowest BCUT2D eigenvalue weighted by Crippen LogP contribution is -2.28. The van der Waals surface area contributed by atoms with Gasteiger partial charge in [-0.05, 0) is 58.1 Å². The summed E-state index contributed by atoms with van der Waals surface area (Å²) < 4.78 is 1.08. The molecule has 2 aromatic rings. The van der Waals surface area contributed by atoms with Gasteiger partial charge in [0.05, 0.1) is 9.83 Å². The monoisotopic (exact) mass is 361 g/mol. The number of aryl methyl sites for hydroxylation is 1. The predicted molar refractivity (Wildman–Crippen MR) is 91.3 cm³/mol. The number of fused-ring (bicyclic) bond motifs is 1. The lowest BCUT2D eigenvalue weighted by molar-refractivity contribution is -0.126. The quantitative estimate of drug-likeness (QED) is 0.727. The molecule has 0 saturated carbocycles. The Hall–Kier alpha value is -1.39. The Kier molecular flexibility index (Phi) is 4.27. The Morgan fingerprint density at radius 1 is 1.33 bits per heavy atom. The van der Waals surface area contributed by atoms with Crippen molar-refractivity contribution in [2.75, 3.05) is 7.05 Å². The summed E-state index contributed by atoms with van der Waals surface area (Å²) in [5.41, 5.74) is 2.66. The van der Waals surface area contributed by atoms with Crippen LogP contribution in [-0.4, -0.2) is 17.9 Å². The van der Waals surface area contributed by atoms with Crippen LogP contribution >= 0.6 is 27.3 Å². The second kappa shape index (κ2) is 6.16. The molecule has 1 heterocycles. The number of benzene rings is 1. The maximum absolute atomic E-state index is 12.4. The van der Waals surface area contributed by atoms with Gasteiger partial charge in [-0.1, -0.05) is 24.3 Å². The highest BCUT2D eigenvalue weighted by molar-refractivity contribution is 9.11. The highest BCUT2D eigenvalue weighted by atomic mass is 79.9.